The fourth-order valence-corrected chi connectivity index (χ4v) is 2.74. The number of aryl methyl sites for hydroxylation is 1. The van der Waals surface area contributed by atoms with Gasteiger partial charge in [0.1, 0.15) is 12.2 Å². The molecule has 2 heterocycles. The number of rotatable bonds is 8. The number of nitrogens with one attached hydrogen (secondary N) is 2. The molecule has 2 N–H and O–H groups in total. The summed E-state index contributed by atoms with van der Waals surface area (Å²) in [5.74, 6) is 1.95. The summed E-state index contributed by atoms with van der Waals surface area (Å²) in [6.07, 6.45) is 5.19. The second-order valence-electron chi connectivity index (χ2n) is 6.32. The summed E-state index contributed by atoms with van der Waals surface area (Å²) in [6.45, 7) is 9.29. The van der Waals surface area contributed by atoms with Crippen LogP contribution in [0.1, 0.15) is 25.6 Å². The Balaban J connectivity index is 1.43. The molecule has 0 amide bonds. The molecular formula is C16H29N7O. The molecule has 1 aliphatic heterocycles. The SMILES string of the molecule is CCc1nncn1CCNC(=NCCN1CCOCC1)NC1CC1. The fraction of sp³-hybridized carbons (Fsp3) is 0.812. The fourth-order valence-electron chi connectivity index (χ4n) is 2.74. The van der Waals surface area contributed by atoms with E-state index in [-0.39, 0.29) is 0 Å². The molecule has 0 radical (unpaired) electrons. The van der Waals surface area contributed by atoms with Crippen molar-refractivity contribution in [3.8, 4) is 0 Å². The third-order valence-corrected chi connectivity index (χ3v) is 4.37. The van der Waals surface area contributed by atoms with Crippen LogP contribution < -0.4 is 10.6 Å². The first kappa shape index (κ1) is 17.2. The molecule has 1 saturated heterocycles. The second kappa shape index (κ2) is 8.98. The summed E-state index contributed by atoms with van der Waals surface area (Å²) in [5, 5.41) is 15.0. The van der Waals surface area contributed by atoms with E-state index < -0.39 is 0 Å². The van der Waals surface area contributed by atoms with Crippen molar-refractivity contribution in [2.75, 3.05) is 45.9 Å². The molecular weight excluding hydrogens is 306 g/mol. The predicted molar refractivity (Wildman–Crippen MR) is 93.1 cm³/mol. The number of ether oxygens (including phenoxy) is 1. The third kappa shape index (κ3) is 5.45. The predicted octanol–water partition coefficient (Wildman–Crippen LogP) is -0.130. The van der Waals surface area contributed by atoms with Crippen LogP contribution in [-0.4, -0.2) is 77.6 Å². The summed E-state index contributed by atoms with van der Waals surface area (Å²) in [7, 11) is 0. The maximum absolute atomic E-state index is 5.38. The Labute approximate surface area is 143 Å². The van der Waals surface area contributed by atoms with E-state index in [0.717, 1.165) is 70.7 Å². The second-order valence-corrected chi connectivity index (χ2v) is 6.32. The first-order valence-electron chi connectivity index (χ1n) is 9.07. The summed E-state index contributed by atoms with van der Waals surface area (Å²) in [5.41, 5.74) is 0. The molecule has 0 unspecified atom stereocenters. The van der Waals surface area contributed by atoms with Crippen molar-refractivity contribution in [3.05, 3.63) is 12.2 Å². The summed E-state index contributed by atoms with van der Waals surface area (Å²) >= 11 is 0. The van der Waals surface area contributed by atoms with Crippen LogP contribution in [0.4, 0.5) is 0 Å². The van der Waals surface area contributed by atoms with E-state index >= 15 is 0 Å². The van der Waals surface area contributed by atoms with Crippen molar-refractivity contribution >= 4 is 5.96 Å². The Morgan fingerprint density at radius 1 is 1.33 bits per heavy atom. The molecule has 8 nitrogen and oxygen atoms in total. The van der Waals surface area contributed by atoms with Gasteiger partial charge < -0.3 is 19.9 Å². The van der Waals surface area contributed by atoms with Crippen LogP contribution in [0.2, 0.25) is 0 Å². The van der Waals surface area contributed by atoms with Crippen LogP contribution in [0.3, 0.4) is 0 Å². The smallest absolute Gasteiger partial charge is 0.191 e. The van der Waals surface area contributed by atoms with E-state index in [4.69, 9.17) is 9.73 Å². The summed E-state index contributed by atoms with van der Waals surface area (Å²) in [4.78, 5) is 7.14. The van der Waals surface area contributed by atoms with Crippen LogP contribution in [0.25, 0.3) is 0 Å². The van der Waals surface area contributed by atoms with E-state index in [1.165, 1.54) is 12.8 Å². The van der Waals surface area contributed by atoms with Crippen LogP contribution in [0.5, 0.6) is 0 Å². The van der Waals surface area contributed by atoms with E-state index in [0.29, 0.717) is 6.04 Å². The van der Waals surface area contributed by atoms with Gasteiger partial charge in [-0.3, -0.25) is 9.89 Å². The molecule has 1 saturated carbocycles. The van der Waals surface area contributed by atoms with Gasteiger partial charge in [0.25, 0.3) is 0 Å². The van der Waals surface area contributed by atoms with Crippen molar-refractivity contribution in [3.63, 3.8) is 0 Å². The standard InChI is InChI=1S/C16H29N7O/c1-2-15-21-19-13-23(15)8-6-18-16(20-14-3-4-14)17-5-7-22-9-11-24-12-10-22/h13-14H,2-12H2,1H3,(H2,17,18,20). The first-order valence-corrected chi connectivity index (χ1v) is 9.07. The molecule has 2 fully saturated rings. The third-order valence-electron chi connectivity index (χ3n) is 4.37. The van der Waals surface area contributed by atoms with Gasteiger partial charge in [0.15, 0.2) is 5.96 Å². The number of aromatic nitrogens is 3. The molecule has 1 aromatic heterocycles. The Morgan fingerprint density at radius 3 is 2.92 bits per heavy atom. The highest BCUT2D eigenvalue weighted by atomic mass is 16.5. The lowest BCUT2D eigenvalue weighted by Crippen LogP contribution is -2.41. The zero-order chi connectivity index (χ0) is 16.6. The lowest BCUT2D eigenvalue weighted by molar-refractivity contribution is 0.0394. The highest BCUT2D eigenvalue weighted by Gasteiger charge is 2.22. The van der Waals surface area contributed by atoms with Crippen LogP contribution in [0, 0.1) is 0 Å². The summed E-state index contributed by atoms with van der Waals surface area (Å²) < 4.78 is 7.47. The highest BCUT2D eigenvalue weighted by molar-refractivity contribution is 5.80. The topological polar surface area (TPSA) is 79.6 Å². The number of hydrogen-bond acceptors (Lipinski definition) is 5. The molecule has 2 aliphatic rings. The largest absolute Gasteiger partial charge is 0.379 e. The van der Waals surface area contributed by atoms with E-state index in [1.807, 2.05) is 0 Å². The van der Waals surface area contributed by atoms with Gasteiger partial charge in [-0.25, -0.2) is 0 Å². The molecule has 0 bridgehead atoms. The lowest BCUT2D eigenvalue weighted by Gasteiger charge is -2.25. The average molecular weight is 335 g/mol. The normalized spacial score (nSPS) is 19.5. The Kier molecular flexibility index (Phi) is 6.42. The molecule has 0 atom stereocenters. The van der Waals surface area contributed by atoms with Gasteiger partial charge in [-0.1, -0.05) is 6.92 Å². The van der Waals surface area contributed by atoms with Gasteiger partial charge in [0.2, 0.25) is 0 Å². The number of nitrogens with zero attached hydrogens (tertiary/aromatic N) is 5. The van der Waals surface area contributed by atoms with Crippen molar-refractivity contribution in [2.45, 2.75) is 38.8 Å². The van der Waals surface area contributed by atoms with Gasteiger partial charge in [-0.05, 0) is 12.8 Å². The number of guanidine groups is 1. The van der Waals surface area contributed by atoms with Gasteiger partial charge in [-0.15, -0.1) is 10.2 Å². The molecule has 134 valence electrons. The van der Waals surface area contributed by atoms with Crippen LogP contribution in [0.15, 0.2) is 11.3 Å². The average Bonchev–Trinajstić information content (AvgIpc) is 3.31. The molecule has 0 aromatic carbocycles. The number of aliphatic imine (C=N–C) groups is 1. The first-order chi connectivity index (χ1) is 11.8. The molecule has 24 heavy (non-hydrogen) atoms. The monoisotopic (exact) mass is 335 g/mol. The van der Waals surface area contributed by atoms with Gasteiger partial charge in [0, 0.05) is 45.2 Å². The molecule has 3 rings (SSSR count). The van der Waals surface area contributed by atoms with E-state index in [1.54, 1.807) is 6.33 Å². The van der Waals surface area contributed by atoms with Crippen LogP contribution in [-0.2, 0) is 17.7 Å². The number of hydrogen-bond donors (Lipinski definition) is 2. The van der Waals surface area contributed by atoms with Crippen molar-refractivity contribution in [1.29, 1.82) is 0 Å². The highest BCUT2D eigenvalue weighted by Crippen LogP contribution is 2.18. The maximum atomic E-state index is 5.38. The minimum absolute atomic E-state index is 0.598. The molecule has 1 aromatic rings. The maximum Gasteiger partial charge on any atom is 0.191 e. The van der Waals surface area contributed by atoms with Gasteiger partial charge in [0.05, 0.1) is 19.8 Å². The lowest BCUT2D eigenvalue weighted by atomic mass is 10.4. The number of morpholine rings is 1. The van der Waals surface area contributed by atoms with E-state index in [9.17, 15) is 0 Å². The van der Waals surface area contributed by atoms with Crippen LogP contribution >= 0.6 is 0 Å². The Hall–Kier alpha value is -1.67. The summed E-state index contributed by atoms with van der Waals surface area (Å²) in [6, 6.07) is 0.598. The van der Waals surface area contributed by atoms with Crippen molar-refractivity contribution < 1.29 is 4.74 Å². The molecule has 0 spiro atoms. The quantitative estimate of drug-likeness (QED) is 0.509. The van der Waals surface area contributed by atoms with Crippen molar-refractivity contribution in [1.82, 2.24) is 30.3 Å². The zero-order valence-electron chi connectivity index (χ0n) is 14.6. The Bertz CT molecular complexity index is 520. The van der Waals surface area contributed by atoms with Gasteiger partial charge in [-0.2, -0.15) is 0 Å². The van der Waals surface area contributed by atoms with Crippen molar-refractivity contribution in [2.24, 2.45) is 4.99 Å². The van der Waals surface area contributed by atoms with E-state index in [2.05, 4.69) is 37.2 Å². The molecule has 8 heteroatoms. The Morgan fingerprint density at radius 2 is 2.17 bits per heavy atom. The zero-order valence-corrected chi connectivity index (χ0v) is 14.6. The minimum Gasteiger partial charge on any atom is -0.379 e. The minimum atomic E-state index is 0.598. The van der Waals surface area contributed by atoms with Gasteiger partial charge >= 0.3 is 0 Å². The molecule has 1 aliphatic carbocycles.